The van der Waals surface area contributed by atoms with Crippen LogP contribution in [0.3, 0.4) is 0 Å². The SMILES string of the molecule is CCOc1cc(/C=N/NC(=O)Cc2ccc(F)cc2)cc(Cl)c1OCc1ccccc1C#N. The summed E-state index contributed by atoms with van der Waals surface area (Å²) >= 11 is 6.42. The van der Waals surface area contributed by atoms with E-state index >= 15 is 0 Å². The van der Waals surface area contributed by atoms with E-state index in [1.54, 1.807) is 36.4 Å². The Morgan fingerprint density at radius 2 is 1.94 bits per heavy atom. The molecule has 33 heavy (non-hydrogen) atoms. The minimum Gasteiger partial charge on any atom is -0.490 e. The third-order valence-corrected chi connectivity index (χ3v) is 4.80. The molecular formula is C25H21ClFN3O3. The molecule has 0 saturated carbocycles. The van der Waals surface area contributed by atoms with Crippen LogP contribution >= 0.6 is 11.6 Å². The molecule has 0 heterocycles. The Kier molecular flexibility index (Phi) is 8.39. The molecule has 1 amide bonds. The molecule has 0 aliphatic rings. The average molecular weight is 466 g/mol. The first-order chi connectivity index (χ1) is 16.0. The molecule has 1 N–H and O–H groups in total. The molecule has 0 atom stereocenters. The molecule has 3 aromatic carbocycles. The van der Waals surface area contributed by atoms with Crippen LogP contribution in [0.15, 0.2) is 65.8 Å². The summed E-state index contributed by atoms with van der Waals surface area (Å²) in [7, 11) is 0. The lowest BCUT2D eigenvalue weighted by Crippen LogP contribution is -2.19. The largest absolute Gasteiger partial charge is 0.490 e. The monoisotopic (exact) mass is 465 g/mol. The number of hydrazone groups is 1. The first-order valence-corrected chi connectivity index (χ1v) is 10.5. The summed E-state index contributed by atoms with van der Waals surface area (Å²) in [4.78, 5) is 12.0. The summed E-state index contributed by atoms with van der Waals surface area (Å²) in [6.07, 6.45) is 1.51. The van der Waals surface area contributed by atoms with Gasteiger partial charge in [0, 0.05) is 5.56 Å². The summed E-state index contributed by atoms with van der Waals surface area (Å²) < 4.78 is 24.5. The minimum absolute atomic E-state index is 0.0690. The molecule has 0 bridgehead atoms. The molecule has 6 nitrogen and oxygen atoms in total. The maximum atomic E-state index is 13.0. The number of hydrogen-bond acceptors (Lipinski definition) is 5. The van der Waals surface area contributed by atoms with E-state index in [1.165, 1.54) is 18.3 Å². The first-order valence-electron chi connectivity index (χ1n) is 10.1. The second kappa shape index (κ2) is 11.7. The maximum Gasteiger partial charge on any atom is 0.244 e. The zero-order valence-electron chi connectivity index (χ0n) is 17.8. The number of hydrogen-bond donors (Lipinski definition) is 1. The minimum atomic E-state index is -0.360. The first kappa shape index (κ1) is 23.8. The van der Waals surface area contributed by atoms with Crippen LogP contribution in [0, 0.1) is 17.1 Å². The quantitative estimate of drug-likeness (QED) is 0.355. The Labute approximate surface area is 196 Å². The van der Waals surface area contributed by atoms with Crippen molar-refractivity contribution in [3.8, 4) is 17.6 Å². The summed E-state index contributed by atoms with van der Waals surface area (Å²) in [5, 5.41) is 13.5. The average Bonchev–Trinajstić information content (AvgIpc) is 2.80. The standard InChI is InChI=1S/C25H21ClFN3O3/c1-2-32-23-12-18(15-29-30-24(31)13-17-7-9-21(27)10-8-17)11-22(26)25(23)33-16-20-6-4-3-5-19(20)14-28/h3-12,15H,2,13,16H2,1H3,(H,30,31)/b29-15+. The Morgan fingerprint density at radius 3 is 2.67 bits per heavy atom. The summed E-state index contributed by atoms with van der Waals surface area (Å²) in [6.45, 7) is 2.37. The van der Waals surface area contributed by atoms with Crippen molar-refractivity contribution < 1.29 is 18.7 Å². The van der Waals surface area contributed by atoms with Crippen molar-refractivity contribution in [1.29, 1.82) is 5.26 Å². The van der Waals surface area contributed by atoms with Gasteiger partial charge in [-0.2, -0.15) is 10.4 Å². The van der Waals surface area contributed by atoms with Gasteiger partial charge in [-0.05, 0) is 48.4 Å². The Hall–Kier alpha value is -3.89. The number of carbonyl (C=O) groups excluding carboxylic acids is 1. The molecule has 3 rings (SSSR count). The van der Waals surface area contributed by atoms with E-state index in [9.17, 15) is 14.4 Å². The van der Waals surface area contributed by atoms with Crippen LogP contribution in [0.5, 0.6) is 11.5 Å². The highest BCUT2D eigenvalue weighted by Crippen LogP contribution is 2.37. The van der Waals surface area contributed by atoms with E-state index in [-0.39, 0.29) is 24.8 Å². The molecule has 0 aliphatic carbocycles. The second-order valence-electron chi connectivity index (χ2n) is 6.92. The molecule has 0 aliphatic heterocycles. The van der Waals surface area contributed by atoms with E-state index in [1.807, 2.05) is 19.1 Å². The molecule has 3 aromatic rings. The fraction of sp³-hybridized carbons (Fsp3) is 0.160. The number of benzene rings is 3. The number of nitriles is 1. The van der Waals surface area contributed by atoms with Crippen molar-refractivity contribution in [2.45, 2.75) is 20.0 Å². The van der Waals surface area contributed by atoms with E-state index in [2.05, 4.69) is 16.6 Å². The molecule has 0 unspecified atom stereocenters. The molecule has 0 radical (unpaired) electrons. The van der Waals surface area contributed by atoms with Crippen molar-refractivity contribution in [3.63, 3.8) is 0 Å². The highest BCUT2D eigenvalue weighted by atomic mass is 35.5. The number of carbonyl (C=O) groups is 1. The number of amides is 1. The summed E-state index contributed by atoms with van der Waals surface area (Å²) in [6, 6.07) is 18.3. The van der Waals surface area contributed by atoms with Gasteiger partial charge in [0.2, 0.25) is 5.91 Å². The molecule has 0 saturated heterocycles. The Balaban J connectivity index is 1.68. The van der Waals surface area contributed by atoms with Gasteiger partial charge in [-0.15, -0.1) is 0 Å². The van der Waals surface area contributed by atoms with Gasteiger partial charge in [0.25, 0.3) is 0 Å². The number of halogens is 2. The van der Waals surface area contributed by atoms with Crippen LogP contribution in [0.4, 0.5) is 4.39 Å². The molecular weight excluding hydrogens is 445 g/mol. The molecule has 8 heteroatoms. The van der Waals surface area contributed by atoms with Crippen molar-refractivity contribution in [2.75, 3.05) is 6.61 Å². The van der Waals surface area contributed by atoms with Crippen molar-refractivity contribution in [1.82, 2.24) is 5.43 Å². The van der Waals surface area contributed by atoms with Crippen LogP contribution in [0.25, 0.3) is 0 Å². The van der Waals surface area contributed by atoms with E-state index in [0.29, 0.717) is 39.8 Å². The summed E-state index contributed by atoms with van der Waals surface area (Å²) in [5.74, 6) is 0.0632. The van der Waals surface area contributed by atoms with Crippen LogP contribution in [-0.2, 0) is 17.8 Å². The predicted molar refractivity (Wildman–Crippen MR) is 124 cm³/mol. The van der Waals surface area contributed by atoms with Gasteiger partial charge in [0.1, 0.15) is 12.4 Å². The fourth-order valence-corrected chi connectivity index (χ4v) is 3.25. The molecule has 168 valence electrons. The van der Waals surface area contributed by atoms with Gasteiger partial charge in [-0.25, -0.2) is 9.82 Å². The number of nitrogens with zero attached hydrogens (tertiary/aromatic N) is 2. The van der Waals surface area contributed by atoms with Crippen LogP contribution in [-0.4, -0.2) is 18.7 Å². The van der Waals surface area contributed by atoms with E-state index in [4.69, 9.17) is 21.1 Å². The van der Waals surface area contributed by atoms with Gasteiger partial charge < -0.3 is 9.47 Å². The zero-order chi connectivity index (χ0) is 23.6. The topological polar surface area (TPSA) is 83.7 Å². The highest BCUT2D eigenvalue weighted by molar-refractivity contribution is 6.32. The zero-order valence-corrected chi connectivity index (χ0v) is 18.6. The lowest BCUT2D eigenvalue weighted by Gasteiger charge is -2.15. The number of rotatable bonds is 9. The predicted octanol–water partition coefficient (Wildman–Crippen LogP) is 5.02. The molecule has 0 fully saturated rings. The summed E-state index contributed by atoms with van der Waals surface area (Å²) in [5.41, 5.74) is 4.94. The lowest BCUT2D eigenvalue weighted by atomic mass is 10.1. The Morgan fingerprint density at radius 1 is 1.18 bits per heavy atom. The fourth-order valence-electron chi connectivity index (χ4n) is 2.98. The number of nitrogens with one attached hydrogen (secondary N) is 1. The van der Waals surface area contributed by atoms with E-state index < -0.39 is 0 Å². The van der Waals surface area contributed by atoms with Crippen LogP contribution < -0.4 is 14.9 Å². The molecule has 0 spiro atoms. The number of ether oxygens (including phenoxy) is 2. The van der Waals surface area contributed by atoms with Crippen molar-refractivity contribution in [3.05, 3.63) is 93.8 Å². The van der Waals surface area contributed by atoms with Gasteiger partial charge >= 0.3 is 0 Å². The van der Waals surface area contributed by atoms with E-state index in [0.717, 1.165) is 5.56 Å². The smallest absolute Gasteiger partial charge is 0.244 e. The molecule has 0 aromatic heterocycles. The van der Waals surface area contributed by atoms with Gasteiger partial charge in [-0.1, -0.05) is 41.9 Å². The van der Waals surface area contributed by atoms with Crippen molar-refractivity contribution in [2.24, 2.45) is 5.10 Å². The highest BCUT2D eigenvalue weighted by Gasteiger charge is 2.13. The third kappa shape index (κ3) is 6.79. The second-order valence-corrected chi connectivity index (χ2v) is 7.32. The van der Waals surface area contributed by atoms with Gasteiger partial charge in [-0.3, -0.25) is 4.79 Å². The lowest BCUT2D eigenvalue weighted by molar-refractivity contribution is -0.120. The van der Waals surface area contributed by atoms with Gasteiger partial charge in [0.05, 0.1) is 35.9 Å². The normalized spacial score (nSPS) is 10.6. The van der Waals surface area contributed by atoms with Crippen molar-refractivity contribution >= 4 is 23.7 Å². The maximum absolute atomic E-state index is 13.0. The Bertz CT molecular complexity index is 1190. The third-order valence-electron chi connectivity index (χ3n) is 4.52. The van der Waals surface area contributed by atoms with Crippen LogP contribution in [0.1, 0.15) is 29.2 Å². The van der Waals surface area contributed by atoms with Gasteiger partial charge in [0.15, 0.2) is 11.5 Å². The van der Waals surface area contributed by atoms with Crippen LogP contribution in [0.2, 0.25) is 5.02 Å².